The zero-order valence-corrected chi connectivity index (χ0v) is 9.69. The number of carbonyl (C=O) groups is 1. The normalized spacial score (nSPS) is 10.7. The minimum Gasteiger partial charge on any atom is -0.497 e. The monoisotopic (exact) mass is 227 g/mol. The maximum Gasteiger partial charge on any atom is 0.352 e. The highest BCUT2D eigenvalue weighted by atomic mass is 16.5. The predicted octanol–water partition coefficient (Wildman–Crippen LogP) is 1.40. The second-order valence-corrected chi connectivity index (χ2v) is 2.85. The molecule has 0 saturated carbocycles. The van der Waals surface area contributed by atoms with E-state index in [1.54, 1.807) is 13.0 Å². The summed E-state index contributed by atoms with van der Waals surface area (Å²) in [6.45, 7) is 5.34. The molecule has 0 amide bonds. The van der Waals surface area contributed by atoms with Gasteiger partial charge < -0.3 is 14.2 Å². The summed E-state index contributed by atoms with van der Waals surface area (Å²) in [5.41, 5.74) is -0.141. The number of nitrogens with zero attached hydrogens (tertiary/aromatic N) is 1. The van der Waals surface area contributed by atoms with Crippen molar-refractivity contribution in [2.75, 3.05) is 26.4 Å². The first-order chi connectivity index (χ1) is 7.76. The minimum absolute atomic E-state index is 0.141. The van der Waals surface area contributed by atoms with Gasteiger partial charge in [0.15, 0.2) is 5.57 Å². The molecule has 0 heterocycles. The number of nitriles is 1. The lowest BCUT2D eigenvalue weighted by atomic mass is 10.3. The Bertz CT molecular complexity index is 268. The van der Waals surface area contributed by atoms with Gasteiger partial charge in [0.25, 0.3) is 0 Å². The van der Waals surface area contributed by atoms with Crippen molar-refractivity contribution in [3.05, 3.63) is 11.8 Å². The Morgan fingerprint density at radius 3 is 2.62 bits per heavy atom. The standard InChI is InChI=1S/C11H17NO4/c1-3-5-14-6-7-15-9-10(8-12)11(13)16-4-2/h9H,3-7H2,1-2H3/b10-9+. The van der Waals surface area contributed by atoms with Gasteiger partial charge in [-0.25, -0.2) is 4.79 Å². The van der Waals surface area contributed by atoms with E-state index in [1.165, 1.54) is 0 Å². The number of hydrogen-bond donors (Lipinski definition) is 0. The molecular formula is C11H17NO4. The molecule has 0 aromatic carbocycles. The van der Waals surface area contributed by atoms with Crippen molar-refractivity contribution in [2.24, 2.45) is 0 Å². The molecule has 0 bridgehead atoms. The van der Waals surface area contributed by atoms with Crippen LogP contribution in [-0.4, -0.2) is 32.4 Å². The first kappa shape index (κ1) is 14.5. The molecule has 16 heavy (non-hydrogen) atoms. The topological polar surface area (TPSA) is 68.5 Å². The van der Waals surface area contributed by atoms with E-state index in [-0.39, 0.29) is 12.2 Å². The smallest absolute Gasteiger partial charge is 0.352 e. The fourth-order valence-electron chi connectivity index (χ4n) is 0.825. The quantitative estimate of drug-likeness (QED) is 0.206. The highest BCUT2D eigenvalue weighted by Gasteiger charge is 2.09. The SMILES string of the molecule is CCCOCCO/C=C(\C#N)C(=O)OCC. The molecular weight excluding hydrogens is 210 g/mol. The van der Waals surface area contributed by atoms with Gasteiger partial charge in [-0.3, -0.25) is 0 Å². The van der Waals surface area contributed by atoms with Gasteiger partial charge in [0.2, 0.25) is 0 Å². The van der Waals surface area contributed by atoms with Gasteiger partial charge in [-0.1, -0.05) is 6.92 Å². The van der Waals surface area contributed by atoms with Crippen LogP contribution < -0.4 is 0 Å². The summed E-state index contributed by atoms with van der Waals surface area (Å²) in [6.07, 6.45) is 2.05. The highest BCUT2D eigenvalue weighted by Crippen LogP contribution is 1.97. The molecule has 0 aliphatic carbocycles. The van der Waals surface area contributed by atoms with Crippen molar-refractivity contribution in [2.45, 2.75) is 20.3 Å². The Morgan fingerprint density at radius 1 is 1.31 bits per heavy atom. The van der Waals surface area contributed by atoms with E-state index in [0.29, 0.717) is 19.8 Å². The number of esters is 1. The van der Waals surface area contributed by atoms with Gasteiger partial charge in [-0.2, -0.15) is 5.26 Å². The summed E-state index contributed by atoms with van der Waals surface area (Å²) >= 11 is 0. The van der Waals surface area contributed by atoms with Crippen LogP contribution in [0, 0.1) is 11.3 Å². The van der Waals surface area contributed by atoms with Gasteiger partial charge in [-0.05, 0) is 13.3 Å². The van der Waals surface area contributed by atoms with Crippen molar-refractivity contribution in [1.29, 1.82) is 5.26 Å². The van der Waals surface area contributed by atoms with Crippen LogP contribution in [0.3, 0.4) is 0 Å². The van der Waals surface area contributed by atoms with Crippen molar-refractivity contribution in [3.63, 3.8) is 0 Å². The molecule has 90 valence electrons. The second-order valence-electron chi connectivity index (χ2n) is 2.85. The molecule has 0 rings (SSSR count). The van der Waals surface area contributed by atoms with Crippen LogP contribution in [0.4, 0.5) is 0 Å². The van der Waals surface area contributed by atoms with Gasteiger partial charge in [0.1, 0.15) is 18.9 Å². The van der Waals surface area contributed by atoms with Crippen LogP contribution in [-0.2, 0) is 19.0 Å². The van der Waals surface area contributed by atoms with Crippen LogP contribution >= 0.6 is 0 Å². The number of hydrogen-bond acceptors (Lipinski definition) is 5. The van der Waals surface area contributed by atoms with Gasteiger partial charge in [-0.15, -0.1) is 0 Å². The van der Waals surface area contributed by atoms with E-state index in [0.717, 1.165) is 12.7 Å². The molecule has 0 unspecified atom stereocenters. The highest BCUT2D eigenvalue weighted by molar-refractivity contribution is 5.92. The van der Waals surface area contributed by atoms with Crippen LogP contribution in [0.15, 0.2) is 11.8 Å². The van der Waals surface area contributed by atoms with Crippen LogP contribution in [0.1, 0.15) is 20.3 Å². The lowest BCUT2D eigenvalue weighted by Crippen LogP contribution is -2.08. The summed E-state index contributed by atoms with van der Waals surface area (Å²) in [4.78, 5) is 11.1. The molecule has 0 fully saturated rings. The van der Waals surface area contributed by atoms with Crippen molar-refractivity contribution >= 4 is 5.97 Å². The third-order valence-electron chi connectivity index (χ3n) is 1.51. The van der Waals surface area contributed by atoms with Gasteiger partial charge in [0.05, 0.1) is 13.2 Å². The summed E-state index contributed by atoms with van der Waals surface area (Å²) in [6, 6.07) is 1.71. The van der Waals surface area contributed by atoms with Crippen LogP contribution in [0.2, 0.25) is 0 Å². The summed E-state index contributed by atoms with van der Waals surface area (Å²) < 4.78 is 14.8. The maximum atomic E-state index is 11.1. The largest absolute Gasteiger partial charge is 0.497 e. The Morgan fingerprint density at radius 2 is 2.06 bits per heavy atom. The molecule has 5 nitrogen and oxygen atoms in total. The molecule has 0 saturated heterocycles. The molecule has 0 aromatic heterocycles. The Hall–Kier alpha value is -1.54. The third-order valence-corrected chi connectivity index (χ3v) is 1.51. The Balaban J connectivity index is 3.81. The van der Waals surface area contributed by atoms with Gasteiger partial charge >= 0.3 is 5.97 Å². The average molecular weight is 227 g/mol. The zero-order valence-electron chi connectivity index (χ0n) is 9.69. The van der Waals surface area contributed by atoms with E-state index >= 15 is 0 Å². The molecule has 5 heteroatoms. The number of ether oxygens (including phenoxy) is 3. The molecule has 0 radical (unpaired) electrons. The van der Waals surface area contributed by atoms with E-state index < -0.39 is 5.97 Å². The zero-order chi connectivity index (χ0) is 12.2. The lowest BCUT2D eigenvalue weighted by molar-refractivity contribution is -0.138. The van der Waals surface area contributed by atoms with Crippen molar-refractivity contribution in [3.8, 4) is 6.07 Å². The van der Waals surface area contributed by atoms with Gasteiger partial charge in [0, 0.05) is 6.61 Å². The first-order valence-electron chi connectivity index (χ1n) is 5.23. The molecule has 0 aliphatic rings. The van der Waals surface area contributed by atoms with Crippen LogP contribution in [0.25, 0.3) is 0 Å². The Kier molecular flexibility index (Phi) is 9.03. The number of rotatable bonds is 8. The fourth-order valence-corrected chi connectivity index (χ4v) is 0.825. The summed E-state index contributed by atoms with van der Waals surface area (Å²) in [7, 11) is 0. The lowest BCUT2D eigenvalue weighted by Gasteiger charge is -2.03. The molecule has 0 aliphatic heterocycles. The second kappa shape index (κ2) is 9.99. The maximum absolute atomic E-state index is 11.1. The Labute approximate surface area is 95.6 Å². The third kappa shape index (κ3) is 6.85. The molecule has 0 spiro atoms. The number of carbonyl (C=O) groups excluding carboxylic acids is 1. The predicted molar refractivity (Wildman–Crippen MR) is 57.4 cm³/mol. The molecule has 0 aromatic rings. The summed E-state index contributed by atoms with van der Waals surface area (Å²) in [5.74, 6) is -0.667. The average Bonchev–Trinajstić information content (AvgIpc) is 2.28. The first-order valence-corrected chi connectivity index (χ1v) is 5.23. The van der Waals surface area contributed by atoms with E-state index in [4.69, 9.17) is 14.7 Å². The molecule has 0 N–H and O–H groups in total. The van der Waals surface area contributed by atoms with Crippen molar-refractivity contribution in [1.82, 2.24) is 0 Å². The molecule has 0 atom stereocenters. The van der Waals surface area contributed by atoms with Crippen LogP contribution in [0.5, 0.6) is 0 Å². The van der Waals surface area contributed by atoms with E-state index in [2.05, 4.69) is 4.74 Å². The van der Waals surface area contributed by atoms with Crippen molar-refractivity contribution < 1.29 is 19.0 Å². The minimum atomic E-state index is -0.667. The fraction of sp³-hybridized carbons (Fsp3) is 0.636. The van der Waals surface area contributed by atoms with E-state index in [1.807, 2.05) is 6.92 Å². The summed E-state index contributed by atoms with van der Waals surface area (Å²) in [5, 5.41) is 8.63. The van der Waals surface area contributed by atoms with E-state index in [9.17, 15) is 4.79 Å².